The van der Waals surface area contributed by atoms with Crippen LogP contribution in [0, 0.1) is 6.92 Å². The predicted molar refractivity (Wildman–Crippen MR) is 82.7 cm³/mol. The summed E-state index contributed by atoms with van der Waals surface area (Å²) in [6.07, 6.45) is 1.58. The summed E-state index contributed by atoms with van der Waals surface area (Å²) in [7, 11) is 1.30. The van der Waals surface area contributed by atoms with Gasteiger partial charge in [-0.1, -0.05) is 11.6 Å². The van der Waals surface area contributed by atoms with Gasteiger partial charge in [-0.15, -0.1) is 0 Å². The van der Waals surface area contributed by atoms with Crippen molar-refractivity contribution in [1.29, 1.82) is 0 Å². The molecule has 5 nitrogen and oxygen atoms in total. The fourth-order valence-electron chi connectivity index (χ4n) is 2.33. The Kier molecular flexibility index (Phi) is 3.50. The minimum Gasteiger partial charge on any atom is -0.465 e. The highest BCUT2D eigenvalue weighted by Crippen LogP contribution is 2.35. The highest BCUT2D eigenvalue weighted by Gasteiger charge is 2.25. The molecule has 22 heavy (non-hydrogen) atoms. The smallest absolute Gasteiger partial charge is 0.341 e. The summed E-state index contributed by atoms with van der Waals surface area (Å²) in [5.41, 5.74) is 2.16. The zero-order valence-corrected chi connectivity index (χ0v) is 12.7. The van der Waals surface area contributed by atoms with Crippen molar-refractivity contribution in [2.24, 2.45) is 0 Å². The number of carbonyl (C=O) groups excluding carboxylic acids is 2. The van der Waals surface area contributed by atoms with Crippen molar-refractivity contribution in [1.82, 2.24) is 0 Å². The van der Waals surface area contributed by atoms with Crippen LogP contribution in [0.25, 0.3) is 11.6 Å². The van der Waals surface area contributed by atoms with Crippen LogP contribution in [-0.2, 0) is 9.53 Å². The molecule has 3 rings (SSSR count). The summed E-state index contributed by atoms with van der Waals surface area (Å²) in [5, 5.41) is 3.29. The first kappa shape index (κ1) is 14.4. The molecule has 6 heteroatoms. The molecule has 0 atom stereocenters. The van der Waals surface area contributed by atoms with Gasteiger partial charge in [0.15, 0.2) is 0 Å². The molecule has 1 N–H and O–H groups in total. The van der Waals surface area contributed by atoms with Crippen molar-refractivity contribution in [2.75, 3.05) is 12.4 Å². The molecule has 1 aliphatic heterocycles. The number of nitrogens with one attached hydrogen (secondary N) is 1. The molecule has 2 heterocycles. The van der Waals surface area contributed by atoms with Gasteiger partial charge in [0.1, 0.15) is 17.1 Å². The van der Waals surface area contributed by atoms with Gasteiger partial charge in [-0.3, -0.25) is 4.79 Å². The van der Waals surface area contributed by atoms with Gasteiger partial charge in [-0.2, -0.15) is 0 Å². The van der Waals surface area contributed by atoms with E-state index in [1.165, 1.54) is 7.11 Å². The average molecular weight is 318 g/mol. The Labute approximate surface area is 131 Å². The van der Waals surface area contributed by atoms with E-state index in [9.17, 15) is 9.59 Å². The number of hydrogen-bond donors (Lipinski definition) is 1. The monoisotopic (exact) mass is 317 g/mol. The number of rotatable bonds is 2. The number of benzene rings is 1. The van der Waals surface area contributed by atoms with E-state index in [0.29, 0.717) is 38.9 Å². The van der Waals surface area contributed by atoms with Gasteiger partial charge in [0.05, 0.1) is 12.7 Å². The Bertz CT molecular complexity index is 820. The molecule has 1 amide bonds. The summed E-state index contributed by atoms with van der Waals surface area (Å²) < 4.78 is 10.2. The van der Waals surface area contributed by atoms with E-state index in [0.717, 1.165) is 0 Å². The third-order valence-electron chi connectivity index (χ3n) is 3.39. The Hall–Kier alpha value is -2.53. The highest BCUT2D eigenvalue weighted by molar-refractivity contribution is 6.36. The van der Waals surface area contributed by atoms with Crippen molar-refractivity contribution in [3.63, 3.8) is 0 Å². The van der Waals surface area contributed by atoms with Gasteiger partial charge in [0.25, 0.3) is 5.91 Å². The Balaban J connectivity index is 2.05. The first-order chi connectivity index (χ1) is 10.5. The number of furan rings is 1. The lowest BCUT2D eigenvalue weighted by molar-refractivity contribution is -0.110. The van der Waals surface area contributed by atoms with E-state index in [-0.39, 0.29) is 5.91 Å². The van der Waals surface area contributed by atoms with E-state index in [1.807, 2.05) is 0 Å². The highest BCUT2D eigenvalue weighted by atomic mass is 35.5. The van der Waals surface area contributed by atoms with Gasteiger partial charge < -0.3 is 14.5 Å². The summed E-state index contributed by atoms with van der Waals surface area (Å²) in [6.45, 7) is 1.66. The van der Waals surface area contributed by atoms with Crippen LogP contribution in [0.5, 0.6) is 0 Å². The maximum Gasteiger partial charge on any atom is 0.341 e. The summed E-state index contributed by atoms with van der Waals surface area (Å²) >= 11 is 5.98. The number of halogens is 1. The van der Waals surface area contributed by atoms with E-state index >= 15 is 0 Å². The molecule has 0 bridgehead atoms. The first-order valence-corrected chi connectivity index (χ1v) is 6.89. The number of esters is 1. The Morgan fingerprint density at radius 1 is 1.36 bits per heavy atom. The third-order valence-corrected chi connectivity index (χ3v) is 3.63. The zero-order valence-electron chi connectivity index (χ0n) is 11.9. The quantitative estimate of drug-likeness (QED) is 0.679. The molecule has 0 aliphatic carbocycles. The maximum atomic E-state index is 12.1. The van der Waals surface area contributed by atoms with Crippen LogP contribution in [-0.4, -0.2) is 19.0 Å². The standard InChI is InChI=1S/C16H12ClNO4/c1-8-11(16(20)21-2)6-10(22-8)7-13-12-5-9(17)3-4-14(12)18-15(13)19/h3-7H,1-2H3,(H,18,19)/b13-7+. The lowest BCUT2D eigenvalue weighted by Crippen LogP contribution is -2.03. The number of methoxy groups -OCH3 is 1. The van der Waals surface area contributed by atoms with E-state index in [4.69, 9.17) is 16.0 Å². The van der Waals surface area contributed by atoms with Crippen molar-refractivity contribution < 1.29 is 18.7 Å². The van der Waals surface area contributed by atoms with Crippen molar-refractivity contribution >= 4 is 40.8 Å². The molecule has 2 aromatic rings. The second-order valence-electron chi connectivity index (χ2n) is 4.81. The second kappa shape index (κ2) is 5.35. The van der Waals surface area contributed by atoms with Gasteiger partial charge in [0, 0.05) is 16.3 Å². The van der Waals surface area contributed by atoms with Crippen molar-refractivity contribution in [3.05, 3.63) is 51.9 Å². The van der Waals surface area contributed by atoms with Gasteiger partial charge in [-0.25, -0.2) is 4.79 Å². The molecule has 112 valence electrons. The van der Waals surface area contributed by atoms with E-state index < -0.39 is 5.97 Å². The van der Waals surface area contributed by atoms with Crippen molar-refractivity contribution in [2.45, 2.75) is 6.92 Å². The Morgan fingerprint density at radius 2 is 2.14 bits per heavy atom. The minimum atomic E-state index is -0.481. The van der Waals surface area contributed by atoms with Gasteiger partial charge in [-0.05, 0) is 37.3 Å². The van der Waals surface area contributed by atoms with Gasteiger partial charge in [0.2, 0.25) is 0 Å². The molecule has 1 aromatic carbocycles. The molecule has 1 aromatic heterocycles. The molecule has 0 fully saturated rings. The molecule has 1 aliphatic rings. The second-order valence-corrected chi connectivity index (χ2v) is 5.25. The first-order valence-electron chi connectivity index (χ1n) is 6.51. The largest absolute Gasteiger partial charge is 0.465 e. The molecular formula is C16H12ClNO4. The molecule has 0 saturated carbocycles. The lowest BCUT2D eigenvalue weighted by atomic mass is 10.1. The van der Waals surface area contributed by atoms with E-state index in [2.05, 4.69) is 10.1 Å². The molecule has 0 radical (unpaired) electrons. The molecule has 0 unspecified atom stereocenters. The fraction of sp³-hybridized carbons (Fsp3) is 0.125. The number of aryl methyl sites for hydroxylation is 1. The van der Waals surface area contributed by atoms with Crippen LogP contribution in [0.4, 0.5) is 5.69 Å². The number of amides is 1. The molecule has 0 saturated heterocycles. The molecule has 0 spiro atoms. The maximum absolute atomic E-state index is 12.1. The predicted octanol–water partition coefficient (Wildman–Crippen LogP) is 3.52. The average Bonchev–Trinajstić information content (AvgIpc) is 3.00. The van der Waals surface area contributed by atoms with Crippen molar-refractivity contribution in [3.8, 4) is 0 Å². The summed E-state index contributed by atoms with van der Waals surface area (Å²) in [6, 6.07) is 6.70. The normalized spacial score (nSPS) is 14.9. The zero-order chi connectivity index (χ0) is 15.9. The van der Waals surface area contributed by atoms with E-state index in [1.54, 1.807) is 37.3 Å². The van der Waals surface area contributed by atoms with Crippen LogP contribution in [0.15, 0.2) is 28.7 Å². The Morgan fingerprint density at radius 3 is 2.86 bits per heavy atom. The molecular weight excluding hydrogens is 306 g/mol. The number of ether oxygens (including phenoxy) is 1. The van der Waals surface area contributed by atoms with Crippen LogP contribution in [0.1, 0.15) is 27.4 Å². The van der Waals surface area contributed by atoms with Gasteiger partial charge >= 0.3 is 5.97 Å². The SMILES string of the molecule is COC(=O)c1cc(/C=C2/C(=O)Nc3ccc(Cl)cc32)oc1C. The van der Waals surface area contributed by atoms with Crippen LogP contribution in [0.3, 0.4) is 0 Å². The lowest BCUT2D eigenvalue weighted by Gasteiger charge is -1.98. The topological polar surface area (TPSA) is 68.5 Å². The summed E-state index contributed by atoms with van der Waals surface area (Å²) in [5.74, 6) is 0.107. The van der Waals surface area contributed by atoms with Crippen LogP contribution < -0.4 is 5.32 Å². The number of fused-ring (bicyclic) bond motifs is 1. The number of hydrogen-bond acceptors (Lipinski definition) is 4. The van der Waals surface area contributed by atoms with Crippen LogP contribution in [0.2, 0.25) is 5.02 Å². The number of anilines is 1. The third kappa shape index (κ3) is 2.40. The number of carbonyl (C=O) groups is 2. The minimum absolute atomic E-state index is 0.245. The summed E-state index contributed by atoms with van der Waals surface area (Å²) in [4.78, 5) is 23.7. The fourth-order valence-corrected chi connectivity index (χ4v) is 2.51. The van der Waals surface area contributed by atoms with Crippen LogP contribution >= 0.6 is 11.6 Å².